The molecule has 0 bridgehead atoms. The summed E-state index contributed by atoms with van der Waals surface area (Å²) in [7, 11) is 0. The molecule has 0 saturated carbocycles. The van der Waals surface area contributed by atoms with Crippen molar-refractivity contribution in [3.05, 3.63) is 59.7 Å². The molecule has 0 spiro atoms. The van der Waals surface area contributed by atoms with Crippen LogP contribution in [0.15, 0.2) is 58.5 Å². The molecule has 0 unspecified atom stereocenters. The Balaban J connectivity index is 1.45. The van der Waals surface area contributed by atoms with E-state index in [0.717, 1.165) is 11.4 Å². The SMILES string of the molecule is CCCCCCCCCCCCCCCc1ccc(N=CC=Nc2ccc(CCCCCCCCCCCCCCC)cc2)cc1. The number of rotatable bonds is 31. The predicted octanol–water partition coefficient (Wildman–Crippen LogP) is 15.1. The quantitative estimate of drug-likeness (QED) is 0.0586. The topological polar surface area (TPSA) is 24.7 Å². The third kappa shape index (κ3) is 23.2. The highest BCUT2D eigenvalue weighted by Gasteiger charge is 1.98. The minimum Gasteiger partial charge on any atom is -0.255 e. The number of nitrogens with zero attached hydrogens (tertiary/aromatic N) is 2. The monoisotopic (exact) mass is 629 g/mol. The maximum absolute atomic E-state index is 4.57. The molecule has 258 valence electrons. The van der Waals surface area contributed by atoms with Crippen molar-refractivity contribution >= 4 is 23.8 Å². The number of hydrogen-bond donors (Lipinski definition) is 0. The number of hydrogen-bond acceptors (Lipinski definition) is 2. The van der Waals surface area contributed by atoms with Gasteiger partial charge in [0.2, 0.25) is 0 Å². The Bertz CT molecular complexity index is 890. The molecule has 2 nitrogen and oxygen atoms in total. The predicted molar refractivity (Wildman–Crippen MR) is 208 cm³/mol. The Morgan fingerprint density at radius 1 is 0.326 bits per heavy atom. The molecule has 0 saturated heterocycles. The Kier molecular flexibility index (Phi) is 26.2. The average Bonchev–Trinajstić information content (AvgIpc) is 3.08. The van der Waals surface area contributed by atoms with E-state index in [2.05, 4.69) is 72.4 Å². The Morgan fingerprint density at radius 2 is 0.565 bits per heavy atom. The maximum atomic E-state index is 4.57. The van der Waals surface area contributed by atoms with Crippen molar-refractivity contribution in [3.63, 3.8) is 0 Å². The van der Waals surface area contributed by atoms with Gasteiger partial charge in [-0.2, -0.15) is 0 Å². The molecule has 0 aromatic heterocycles. The second kappa shape index (κ2) is 30.1. The minimum absolute atomic E-state index is 0.994. The van der Waals surface area contributed by atoms with Crippen LogP contribution in [-0.2, 0) is 12.8 Å². The summed E-state index contributed by atoms with van der Waals surface area (Å²) >= 11 is 0. The first kappa shape index (κ1) is 40.0. The van der Waals surface area contributed by atoms with Crippen LogP contribution in [0.3, 0.4) is 0 Å². The van der Waals surface area contributed by atoms with Crippen LogP contribution < -0.4 is 0 Å². The van der Waals surface area contributed by atoms with E-state index in [1.165, 1.54) is 191 Å². The summed E-state index contributed by atoms with van der Waals surface area (Å²) in [4.78, 5) is 9.15. The van der Waals surface area contributed by atoms with Gasteiger partial charge in [0.05, 0.1) is 11.4 Å². The first-order chi connectivity index (χ1) is 22.8. The first-order valence-electron chi connectivity index (χ1n) is 20.1. The van der Waals surface area contributed by atoms with Gasteiger partial charge in [-0.3, -0.25) is 9.98 Å². The third-order valence-corrected chi connectivity index (χ3v) is 9.52. The Hall–Kier alpha value is -2.22. The fraction of sp³-hybridized carbons (Fsp3) is 0.682. The van der Waals surface area contributed by atoms with E-state index in [1.54, 1.807) is 0 Å². The van der Waals surface area contributed by atoms with Crippen molar-refractivity contribution in [1.82, 2.24) is 0 Å². The summed E-state index contributed by atoms with van der Waals surface area (Å²) < 4.78 is 0. The van der Waals surface area contributed by atoms with E-state index in [1.807, 2.05) is 12.4 Å². The molecule has 2 heteroatoms. The van der Waals surface area contributed by atoms with Gasteiger partial charge in [0.15, 0.2) is 0 Å². The van der Waals surface area contributed by atoms with Gasteiger partial charge < -0.3 is 0 Å². The fourth-order valence-electron chi connectivity index (χ4n) is 6.43. The second-order valence-corrected chi connectivity index (χ2v) is 13.9. The molecule has 0 N–H and O–H groups in total. The normalized spacial score (nSPS) is 11.8. The summed E-state index contributed by atoms with van der Waals surface area (Å²) in [6.07, 6.45) is 42.6. The Morgan fingerprint density at radius 3 is 0.826 bits per heavy atom. The van der Waals surface area contributed by atoms with Gasteiger partial charge in [0.25, 0.3) is 0 Å². The van der Waals surface area contributed by atoms with Gasteiger partial charge >= 0.3 is 0 Å². The van der Waals surface area contributed by atoms with Crippen LogP contribution >= 0.6 is 0 Å². The number of aliphatic imine (C=N–C) groups is 2. The van der Waals surface area contributed by atoms with Crippen molar-refractivity contribution in [1.29, 1.82) is 0 Å². The summed E-state index contributed by atoms with van der Waals surface area (Å²) in [6, 6.07) is 17.5. The maximum Gasteiger partial charge on any atom is 0.0630 e. The van der Waals surface area contributed by atoms with Crippen LogP contribution in [0.4, 0.5) is 11.4 Å². The van der Waals surface area contributed by atoms with Crippen LogP contribution in [0, 0.1) is 0 Å². The van der Waals surface area contributed by atoms with Crippen LogP contribution in [-0.4, -0.2) is 12.4 Å². The number of unbranched alkanes of at least 4 members (excludes halogenated alkanes) is 24. The van der Waals surface area contributed by atoms with E-state index in [-0.39, 0.29) is 0 Å². The molecule has 0 aliphatic carbocycles. The lowest BCUT2D eigenvalue weighted by Gasteiger charge is -2.04. The lowest BCUT2D eigenvalue weighted by atomic mass is 10.0. The van der Waals surface area contributed by atoms with Gasteiger partial charge in [0.1, 0.15) is 0 Å². The molecule has 2 aromatic rings. The largest absolute Gasteiger partial charge is 0.255 e. The summed E-state index contributed by atoms with van der Waals surface area (Å²) in [5.41, 5.74) is 4.84. The average molecular weight is 629 g/mol. The van der Waals surface area contributed by atoms with E-state index >= 15 is 0 Å². The lowest BCUT2D eigenvalue weighted by Crippen LogP contribution is -1.87. The zero-order chi connectivity index (χ0) is 32.6. The molecule has 0 atom stereocenters. The molecule has 2 aromatic carbocycles. The van der Waals surface area contributed by atoms with Crippen LogP contribution in [0.2, 0.25) is 0 Å². The van der Waals surface area contributed by atoms with E-state index in [0.29, 0.717) is 0 Å². The molecule has 0 aliphatic heterocycles. The van der Waals surface area contributed by atoms with Gasteiger partial charge in [-0.15, -0.1) is 0 Å². The van der Waals surface area contributed by atoms with Gasteiger partial charge in [-0.05, 0) is 61.1 Å². The van der Waals surface area contributed by atoms with Crippen molar-refractivity contribution < 1.29 is 0 Å². The van der Waals surface area contributed by atoms with Gasteiger partial charge in [-0.25, -0.2) is 0 Å². The lowest BCUT2D eigenvalue weighted by molar-refractivity contribution is 0.539. The zero-order valence-electron chi connectivity index (χ0n) is 30.5. The molecule has 0 heterocycles. The molecule has 0 radical (unpaired) electrons. The van der Waals surface area contributed by atoms with Crippen LogP contribution in [0.5, 0.6) is 0 Å². The molecule has 0 fully saturated rings. The van der Waals surface area contributed by atoms with E-state index < -0.39 is 0 Å². The van der Waals surface area contributed by atoms with Crippen molar-refractivity contribution in [2.45, 2.75) is 194 Å². The van der Waals surface area contributed by atoms with Gasteiger partial charge in [0, 0.05) is 12.4 Å². The summed E-state index contributed by atoms with van der Waals surface area (Å²) in [5.74, 6) is 0. The zero-order valence-corrected chi connectivity index (χ0v) is 30.5. The molecule has 0 amide bonds. The molecular weight excluding hydrogens is 556 g/mol. The van der Waals surface area contributed by atoms with E-state index in [9.17, 15) is 0 Å². The highest BCUT2D eigenvalue weighted by atomic mass is 14.8. The highest BCUT2D eigenvalue weighted by molar-refractivity contribution is 6.17. The summed E-state index contributed by atoms with van der Waals surface area (Å²) in [5, 5.41) is 0. The van der Waals surface area contributed by atoms with Crippen molar-refractivity contribution in [2.75, 3.05) is 0 Å². The fourth-order valence-corrected chi connectivity index (χ4v) is 6.43. The molecule has 0 aliphatic rings. The second-order valence-electron chi connectivity index (χ2n) is 13.9. The standard InChI is InChI=1S/C44H72N2/c1-3-5-7-9-11-13-15-17-19-21-23-25-27-29-41-31-35-43(36-32-41)45-39-40-46-44-37-33-42(34-38-44)30-28-26-24-22-20-18-16-14-12-10-8-6-4-2/h31-40H,3-30H2,1-2H3. The highest BCUT2D eigenvalue weighted by Crippen LogP contribution is 2.18. The van der Waals surface area contributed by atoms with Crippen LogP contribution in [0.25, 0.3) is 0 Å². The molecule has 46 heavy (non-hydrogen) atoms. The minimum atomic E-state index is 0.994. The third-order valence-electron chi connectivity index (χ3n) is 9.52. The number of aryl methyl sites for hydroxylation is 2. The smallest absolute Gasteiger partial charge is 0.0630 e. The van der Waals surface area contributed by atoms with E-state index in [4.69, 9.17) is 0 Å². The number of benzene rings is 2. The molecule has 2 rings (SSSR count). The van der Waals surface area contributed by atoms with Crippen molar-refractivity contribution in [2.24, 2.45) is 9.98 Å². The van der Waals surface area contributed by atoms with Gasteiger partial charge in [-0.1, -0.05) is 192 Å². The Labute approximate surface area is 286 Å². The summed E-state index contributed by atoms with van der Waals surface area (Å²) in [6.45, 7) is 4.59. The first-order valence-corrected chi connectivity index (χ1v) is 20.1. The van der Waals surface area contributed by atoms with Crippen LogP contribution in [0.1, 0.15) is 192 Å². The molecular formula is C44H72N2. The van der Waals surface area contributed by atoms with Crippen molar-refractivity contribution in [3.8, 4) is 0 Å².